The van der Waals surface area contributed by atoms with Gasteiger partial charge in [0.25, 0.3) is 0 Å². The fourth-order valence-corrected chi connectivity index (χ4v) is 2.55. The summed E-state index contributed by atoms with van der Waals surface area (Å²) in [6, 6.07) is 4.54. The number of ether oxygens (including phenoxy) is 1. The molecule has 1 fully saturated rings. The number of piperidine rings is 1. The molecule has 104 valence electrons. The van der Waals surface area contributed by atoms with Crippen LogP contribution in [-0.4, -0.2) is 35.9 Å². The first-order valence-corrected chi connectivity index (χ1v) is 6.50. The molecule has 0 amide bonds. The summed E-state index contributed by atoms with van der Waals surface area (Å²) < 4.78 is 5.20. The van der Waals surface area contributed by atoms with E-state index in [0.29, 0.717) is 25.0 Å². The minimum atomic E-state index is -0.730. The molecule has 0 radical (unpaired) electrons. The molecule has 5 nitrogen and oxygen atoms in total. The molecule has 1 heterocycles. The molecular weight excluding hydrogens is 246 g/mol. The highest BCUT2D eigenvalue weighted by atomic mass is 16.5. The molecule has 0 atom stereocenters. The number of phenolic OH excluding ortho intramolecular Hbond substituents is 2. The molecule has 3 N–H and O–H groups in total. The minimum Gasteiger partial charge on any atom is -0.504 e. The quantitative estimate of drug-likeness (QED) is 0.567. The molecule has 0 aliphatic carbocycles. The van der Waals surface area contributed by atoms with Crippen molar-refractivity contribution in [1.82, 2.24) is 5.32 Å². The van der Waals surface area contributed by atoms with E-state index in [-0.39, 0.29) is 17.5 Å². The molecule has 2 rings (SSSR count). The lowest BCUT2D eigenvalue weighted by atomic mass is 9.73. The lowest BCUT2D eigenvalue weighted by molar-refractivity contribution is -0.151. The molecule has 19 heavy (non-hydrogen) atoms. The van der Waals surface area contributed by atoms with Crippen LogP contribution in [0.5, 0.6) is 11.5 Å². The van der Waals surface area contributed by atoms with Gasteiger partial charge in [-0.05, 0) is 50.6 Å². The zero-order valence-electron chi connectivity index (χ0n) is 11.0. The molecule has 1 aliphatic heterocycles. The molecule has 0 aromatic heterocycles. The number of aromatic hydroxyl groups is 2. The second-order valence-corrected chi connectivity index (χ2v) is 4.76. The van der Waals surface area contributed by atoms with Gasteiger partial charge in [-0.15, -0.1) is 0 Å². The van der Waals surface area contributed by atoms with Crippen LogP contribution in [0, 0.1) is 0 Å². The maximum absolute atomic E-state index is 12.3. The SMILES string of the molecule is CCOC(=O)C1(c2ccc(O)c(O)c2)CCNCC1. The predicted molar refractivity (Wildman–Crippen MR) is 70.2 cm³/mol. The largest absolute Gasteiger partial charge is 0.504 e. The van der Waals surface area contributed by atoms with Crippen LogP contribution < -0.4 is 5.32 Å². The predicted octanol–water partition coefficient (Wildman–Crippen LogP) is 1.28. The van der Waals surface area contributed by atoms with Crippen molar-refractivity contribution in [3.05, 3.63) is 23.8 Å². The Morgan fingerprint density at radius 2 is 2.00 bits per heavy atom. The molecule has 0 unspecified atom stereocenters. The molecule has 1 aromatic carbocycles. The summed E-state index contributed by atoms with van der Waals surface area (Å²) in [6.45, 7) is 3.56. The first-order chi connectivity index (χ1) is 9.10. The Balaban J connectivity index is 2.41. The summed E-state index contributed by atoms with van der Waals surface area (Å²) in [7, 11) is 0. The second kappa shape index (κ2) is 5.48. The van der Waals surface area contributed by atoms with E-state index in [4.69, 9.17) is 4.74 Å². The third kappa shape index (κ3) is 2.51. The number of hydrogen-bond donors (Lipinski definition) is 3. The number of benzene rings is 1. The van der Waals surface area contributed by atoms with Crippen molar-refractivity contribution in [2.45, 2.75) is 25.2 Å². The fourth-order valence-electron chi connectivity index (χ4n) is 2.55. The van der Waals surface area contributed by atoms with Gasteiger partial charge in [0.1, 0.15) is 0 Å². The Kier molecular flexibility index (Phi) is 3.95. The molecule has 1 aliphatic rings. The second-order valence-electron chi connectivity index (χ2n) is 4.76. The summed E-state index contributed by atoms with van der Waals surface area (Å²) in [5, 5.41) is 22.2. The average Bonchev–Trinajstić information content (AvgIpc) is 2.43. The van der Waals surface area contributed by atoms with Gasteiger partial charge in [0.05, 0.1) is 12.0 Å². The third-order valence-corrected chi connectivity index (χ3v) is 3.65. The normalized spacial score (nSPS) is 17.9. The van der Waals surface area contributed by atoms with Crippen LogP contribution in [0.4, 0.5) is 0 Å². The third-order valence-electron chi connectivity index (χ3n) is 3.65. The number of phenols is 2. The number of carbonyl (C=O) groups is 1. The van der Waals surface area contributed by atoms with E-state index >= 15 is 0 Å². The van der Waals surface area contributed by atoms with E-state index in [1.54, 1.807) is 13.0 Å². The molecule has 0 saturated carbocycles. The van der Waals surface area contributed by atoms with Crippen LogP contribution in [0.1, 0.15) is 25.3 Å². The number of carbonyl (C=O) groups excluding carboxylic acids is 1. The van der Waals surface area contributed by atoms with Gasteiger partial charge in [0.15, 0.2) is 11.5 Å². The van der Waals surface area contributed by atoms with Crippen LogP contribution in [0.3, 0.4) is 0 Å². The monoisotopic (exact) mass is 265 g/mol. The average molecular weight is 265 g/mol. The van der Waals surface area contributed by atoms with Crippen LogP contribution in [0.25, 0.3) is 0 Å². The summed E-state index contributed by atoms with van der Waals surface area (Å²) in [5.74, 6) is -0.655. The van der Waals surface area contributed by atoms with Crippen molar-refractivity contribution in [3.8, 4) is 11.5 Å². The van der Waals surface area contributed by atoms with Gasteiger partial charge in [-0.1, -0.05) is 6.07 Å². The summed E-state index contributed by atoms with van der Waals surface area (Å²) in [4.78, 5) is 12.3. The van der Waals surface area contributed by atoms with Gasteiger partial charge >= 0.3 is 5.97 Å². The fraction of sp³-hybridized carbons (Fsp3) is 0.500. The maximum Gasteiger partial charge on any atom is 0.316 e. The first kappa shape index (κ1) is 13.7. The van der Waals surface area contributed by atoms with Crippen LogP contribution >= 0.6 is 0 Å². The van der Waals surface area contributed by atoms with Crippen LogP contribution in [0.2, 0.25) is 0 Å². The topological polar surface area (TPSA) is 78.8 Å². The Bertz CT molecular complexity index is 467. The lowest BCUT2D eigenvalue weighted by Gasteiger charge is -2.35. The summed E-state index contributed by atoms with van der Waals surface area (Å²) >= 11 is 0. The van der Waals surface area contributed by atoms with E-state index in [1.807, 2.05) is 0 Å². The van der Waals surface area contributed by atoms with Gasteiger partial charge in [-0.25, -0.2) is 0 Å². The summed E-state index contributed by atoms with van der Waals surface area (Å²) in [6.07, 6.45) is 1.24. The van der Waals surface area contributed by atoms with Gasteiger partial charge in [0, 0.05) is 0 Å². The van der Waals surface area contributed by atoms with Gasteiger partial charge in [0.2, 0.25) is 0 Å². The minimum absolute atomic E-state index is 0.184. The van der Waals surface area contributed by atoms with Crippen molar-refractivity contribution < 1.29 is 19.7 Å². The first-order valence-electron chi connectivity index (χ1n) is 6.50. The van der Waals surface area contributed by atoms with Crippen molar-refractivity contribution in [2.24, 2.45) is 0 Å². The van der Waals surface area contributed by atoms with Gasteiger partial charge in [-0.2, -0.15) is 0 Å². The Hall–Kier alpha value is -1.75. The summed E-state index contributed by atoms with van der Waals surface area (Å²) in [5.41, 5.74) is -0.0327. The van der Waals surface area contributed by atoms with Gasteiger partial charge in [-0.3, -0.25) is 4.79 Å². The Labute approximate surface area is 112 Å². The van der Waals surface area contributed by atoms with Crippen LogP contribution in [-0.2, 0) is 14.9 Å². The molecule has 5 heteroatoms. The lowest BCUT2D eigenvalue weighted by Crippen LogP contribution is -2.46. The Morgan fingerprint density at radius 3 is 2.58 bits per heavy atom. The van der Waals surface area contributed by atoms with E-state index in [0.717, 1.165) is 13.1 Å². The number of rotatable bonds is 3. The number of nitrogens with one attached hydrogen (secondary N) is 1. The maximum atomic E-state index is 12.3. The van der Waals surface area contributed by atoms with Crippen molar-refractivity contribution in [3.63, 3.8) is 0 Å². The highest BCUT2D eigenvalue weighted by Gasteiger charge is 2.42. The molecule has 1 aromatic rings. The highest BCUT2D eigenvalue weighted by Crippen LogP contribution is 2.38. The van der Waals surface area contributed by atoms with E-state index in [1.165, 1.54) is 12.1 Å². The standard InChI is InChI=1S/C14H19NO4/c1-2-19-13(18)14(5-7-15-8-6-14)10-3-4-11(16)12(17)9-10/h3-4,9,15-17H,2,5-8H2,1H3. The van der Waals surface area contributed by atoms with E-state index in [9.17, 15) is 15.0 Å². The Morgan fingerprint density at radius 1 is 1.32 bits per heavy atom. The highest BCUT2D eigenvalue weighted by molar-refractivity contribution is 5.83. The molecule has 0 bridgehead atoms. The van der Waals surface area contributed by atoms with Crippen LogP contribution in [0.15, 0.2) is 18.2 Å². The zero-order chi connectivity index (χ0) is 13.9. The number of hydrogen-bond acceptors (Lipinski definition) is 5. The van der Waals surface area contributed by atoms with Crippen molar-refractivity contribution in [2.75, 3.05) is 19.7 Å². The number of esters is 1. The smallest absolute Gasteiger partial charge is 0.316 e. The molecule has 1 saturated heterocycles. The molecule has 0 spiro atoms. The van der Waals surface area contributed by atoms with Gasteiger partial charge < -0.3 is 20.3 Å². The van der Waals surface area contributed by atoms with E-state index in [2.05, 4.69) is 5.32 Å². The van der Waals surface area contributed by atoms with E-state index < -0.39 is 5.41 Å². The zero-order valence-corrected chi connectivity index (χ0v) is 11.0. The molecular formula is C14H19NO4. The van der Waals surface area contributed by atoms with Crippen molar-refractivity contribution in [1.29, 1.82) is 0 Å². The van der Waals surface area contributed by atoms with Crippen molar-refractivity contribution >= 4 is 5.97 Å².